The van der Waals surface area contributed by atoms with Gasteiger partial charge in [-0.2, -0.15) is 0 Å². The van der Waals surface area contributed by atoms with E-state index >= 15 is 0 Å². The van der Waals surface area contributed by atoms with E-state index in [0.717, 1.165) is 0 Å². The van der Waals surface area contributed by atoms with Crippen LogP contribution in [-0.4, -0.2) is 31.8 Å². The molecule has 2 aromatic rings. The Bertz CT molecular complexity index is 579. The summed E-state index contributed by atoms with van der Waals surface area (Å²) in [5.74, 6) is -0.606. The van der Waals surface area contributed by atoms with Gasteiger partial charge in [-0.3, -0.25) is 4.98 Å². The van der Waals surface area contributed by atoms with Crippen molar-refractivity contribution in [3.05, 3.63) is 54.4 Å². The highest BCUT2D eigenvalue weighted by atomic mass is 16.9. The molecule has 0 saturated carbocycles. The Balaban J connectivity index is 1.77. The van der Waals surface area contributed by atoms with Gasteiger partial charge in [0.1, 0.15) is 0 Å². The first-order chi connectivity index (χ1) is 10.3. The van der Waals surface area contributed by atoms with Crippen LogP contribution in [0.2, 0.25) is 0 Å². The van der Waals surface area contributed by atoms with Crippen molar-refractivity contribution in [3.8, 4) is 11.1 Å². The maximum absolute atomic E-state index is 5.67. The number of rotatable bonds is 4. The molecule has 0 radical (unpaired) electrons. The number of aromatic nitrogens is 1. The maximum Gasteiger partial charge on any atom is 0.283 e. The number of ether oxygens (including phenoxy) is 3. The van der Waals surface area contributed by atoms with Gasteiger partial charge >= 0.3 is 0 Å². The van der Waals surface area contributed by atoms with Crippen molar-refractivity contribution in [2.24, 2.45) is 0 Å². The number of benzene rings is 1. The van der Waals surface area contributed by atoms with Crippen molar-refractivity contribution in [2.45, 2.75) is 18.3 Å². The van der Waals surface area contributed by atoms with Crippen molar-refractivity contribution in [2.75, 3.05) is 20.8 Å². The fourth-order valence-corrected chi connectivity index (χ4v) is 2.72. The smallest absolute Gasteiger partial charge is 0.283 e. The maximum atomic E-state index is 5.67. The zero-order chi connectivity index (χ0) is 14.7. The predicted molar refractivity (Wildman–Crippen MR) is 79.7 cm³/mol. The van der Waals surface area contributed by atoms with Crippen molar-refractivity contribution in [1.82, 2.24) is 4.98 Å². The normalized spacial score (nSPS) is 20.6. The summed E-state index contributed by atoms with van der Waals surface area (Å²) in [5.41, 5.74) is 3.59. The molecule has 0 N–H and O–H groups in total. The van der Waals surface area contributed by atoms with E-state index in [-0.39, 0.29) is 5.92 Å². The first-order valence-electron chi connectivity index (χ1n) is 7.01. The van der Waals surface area contributed by atoms with Gasteiger partial charge in [0.2, 0.25) is 0 Å². The van der Waals surface area contributed by atoms with E-state index in [2.05, 4.69) is 29.2 Å². The van der Waals surface area contributed by atoms with Crippen molar-refractivity contribution in [3.63, 3.8) is 0 Å². The lowest BCUT2D eigenvalue weighted by Crippen LogP contribution is -2.32. The Morgan fingerprint density at radius 2 is 1.62 bits per heavy atom. The first kappa shape index (κ1) is 14.2. The monoisotopic (exact) mass is 285 g/mol. The van der Waals surface area contributed by atoms with Crippen LogP contribution in [0.1, 0.15) is 17.9 Å². The molecule has 1 aromatic heterocycles. The second-order valence-electron chi connectivity index (χ2n) is 5.16. The van der Waals surface area contributed by atoms with Crippen LogP contribution in [-0.2, 0) is 14.2 Å². The van der Waals surface area contributed by atoms with E-state index in [1.807, 2.05) is 12.1 Å². The average molecular weight is 285 g/mol. The second kappa shape index (κ2) is 5.93. The number of pyridine rings is 1. The first-order valence-corrected chi connectivity index (χ1v) is 7.01. The third-order valence-corrected chi connectivity index (χ3v) is 4.02. The molecule has 2 heterocycles. The molecule has 4 heteroatoms. The van der Waals surface area contributed by atoms with E-state index in [1.165, 1.54) is 16.7 Å². The SMILES string of the molecule is COC1(OC)CC(c2ccc(-c3ccncc3)cc2)CO1. The van der Waals surface area contributed by atoms with Gasteiger partial charge in [-0.1, -0.05) is 24.3 Å². The summed E-state index contributed by atoms with van der Waals surface area (Å²) in [6, 6.07) is 12.6. The Kier molecular flexibility index (Phi) is 4.01. The lowest BCUT2D eigenvalue weighted by Gasteiger charge is -2.24. The standard InChI is InChI=1S/C17H19NO3/c1-19-17(20-2)11-16(12-21-17)14-5-3-13(4-6-14)15-7-9-18-10-8-15/h3-10,16H,11-12H2,1-2H3. The minimum Gasteiger partial charge on any atom is -0.331 e. The zero-order valence-corrected chi connectivity index (χ0v) is 12.3. The second-order valence-corrected chi connectivity index (χ2v) is 5.16. The molecular formula is C17H19NO3. The lowest BCUT2D eigenvalue weighted by molar-refractivity contribution is -0.340. The molecule has 0 amide bonds. The van der Waals surface area contributed by atoms with Gasteiger partial charge in [0.25, 0.3) is 5.97 Å². The molecule has 1 unspecified atom stereocenters. The third kappa shape index (κ3) is 2.83. The van der Waals surface area contributed by atoms with Crippen LogP contribution < -0.4 is 0 Å². The van der Waals surface area contributed by atoms with Crippen molar-refractivity contribution in [1.29, 1.82) is 0 Å². The highest BCUT2D eigenvalue weighted by molar-refractivity contribution is 5.63. The molecule has 1 fully saturated rings. The molecule has 3 rings (SSSR count). The molecule has 1 atom stereocenters. The summed E-state index contributed by atoms with van der Waals surface area (Å²) >= 11 is 0. The van der Waals surface area contributed by atoms with Gasteiger partial charge < -0.3 is 14.2 Å². The van der Waals surface area contributed by atoms with Gasteiger partial charge in [-0.25, -0.2) is 0 Å². The fraction of sp³-hybridized carbons (Fsp3) is 0.353. The van der Waals surface area contributed by atoms with Gasteiger partial charge in [-0.15, -0.1) is 0 Å². The minimum absolute atomic E-state index is 0.288. The highest BCUT2D eigenvalue weighted by Gasteiger charge is 2.41. The quantitative estimate of drug-likeness (QED) is 0.809. The number of hydrogen-bond acceptors (Lipinski definition) is 4. The summed E-state index contributed by atoms with van der Waals surface area (Å²) < 4.78 is 16.4. The number of nitrogens with zero attached hydrogens (tertiary/aromatic N) is 1. The van der Waals surface area contributed by atoms with Crippen LogP contribution >= 0.6 is 0 Å². The summed E-state index contributed by atoms with van der Waals surface area (Å²) in [6.45, 7) is 0.607. The molecule has 1 aliphatic rings. The Morgan fingerprint density at radius 3 is 2.19 bits per heavy atom. The van der Waals surface area contributed by atoms with Crippen LogP contribution in [0.5, 0.6) is 0 Å². The van der Waals surface area contributed by atoms with Crippen LogP contribution in [0.4, 0.5) is 0 Å². The number of hydrogen-bond donors (Lipinski definition) is 0. The van der Waals surface area contributed by atoms with Gasteiger partial charge in [-0.05, 0) is 28.8 Å². The van der Waals surface area contributed by atoms with Crippen LogP contribution in [0, 0.1) is 0 Å². The van der Waals surface area contributed by atoms with Crippen LogP contribution in [0.25, 0.3) is 11.1 Å². The minimum atomic E-state index is -0.894. The van der Waals surface area contributed by atoms with E-state index in [4.69, 9.17) is 14.2 Å². The third-order valence-electron chi connectivity index (χ3n) is 4.02. The van der Waals surface area contributed by atoms with Gasteiger partial charge in [0.15, 0.2) is 0 Å². The molecule has 21 heavy (non-hydrogen) atoms. The molecular weight excluding hydrogens is 266 g/mol. The molecule has 0 spiro atoms. The molecule has 1 aromatic carbocycles. The highest BCUT2D eigenvalue weighted by Crippen LogP contribution is 2.37. The van der Waals surface area contributed by atoms with Gasteiger partial charge in [0, 0.05) is 39.0 Å². The van der Waals surface area contributed by atoms with Crippen molar-refractivity contribution >= 4 is 0 Å². The average Bonchev–Trinajstić information content (AvgIpc) is 3.01. The molecule has 1 aliphatic heterocycles. The lowest BCUT2D eigenvalue weighted by atomic mass is 9.95. The summed E-state index contributed by atoms with van der Waals surface area (Å²) in [6.07, 6.45) is 4.31. The van der Waals surface area contributed by atoms with Crippen LogP contribution in [0.15, 0.2) is 48.8 Å². The summed E-state index contributed by atoms with van der Waals surface area (Å²) in [5, 5.41) is 0. The van der Waals surface area contributed by atoms with E-state index in [0.29, 0.717) is 13.0 Å². The van der Waals surface area contributed by atoms with Gasteiger partial charge in [0.05, 0.1) is 6.61 Å². The molecule has 0 aliphatic carbocycles. The predicted octanol–water partition coefficient (Wildman–Crippen LogP) is 3.20. The summed E-state index contributed by atoms with van der Waals surface area (Å²) in [4.78, 5) is 4.04. The molecule has 1 saturated heterocycles. The van der Waals surface area contributed by atoms with E-state index < -0.39 is 5.97 Å². The zero-order valence-electron chi connectivity index (χ0n) is 12.3. The van der Waals surface area contributed by atoms with Crippen LogP contribution in [0.3, 0.4) is 0 Å². The van der Waals surface area contributed by atoms with Crippen molar-refractivity contribution < 1.29 is 14.2 Å². The Labute approximate surface area is 124 Å². The molecule has 110 valence electrons. The molecule has 0 bridgehead atoms. The Hall–Kier alpha value is -1.75. The molecule has 4 nitrogen and oxygen atoms in total. The fourth-order valence-electron chi connectivity index (χ4n) is 2.72. The number of methoxy groups -OCH3 is 2. The van der Waals surface area contributed by atoms with E-state index in [9.17, 15) is 0 Å². The Morgan fingerprint density at radius 1 is 1.00 bits per heavy atom. The topological polar surface area (TPSA) is 40.6 Å². The summed E-state index contributed by atoms with van der Waals surface area (Å²) in [7, 11) is 3.22. The van der Waals surface area contributed by atoms with E-state index in [1.54, 1.807) is 26.6 Å². The largest absolute Gasteiger partial charge is 0.331 e.